The molecule has 1 aliphatic rings. The molecule has 26 heavy (non-hydrogen) atoms. The minimum absolute atomic E-state index is 0.162. The molecule has 1 aliphatic heterocycles. The summed E-state index contributed by atoms with van der Waals surface area (Å²) in [5.41, 5.74) is 0.0302. The van der Waals surface area contributed by atoms with E-state index in [0.717, 1.165) is 5.39 Å². The van der Waals surface area contributed by atoms with Gasteiger partial charge in [0.1, 0.15) is 17.7 Å². The van der Waals surface area contributed by atoms with Crippen molar-refractivity contribution in [2.24, 2.45) is 0 Å². The second-order valence-corrected chi connectivity index (χ2v) is 7.13. The van der Waals surface area contributed by atoms with Crippen molar-refractivity contribution in [3.8, 4) is 0 Å². The van der Waals surface area contributed by atoms with Gasteiger partial charge in [-0.2, -0.15) is 0 Å². The number of ether oxygens (including phenoxy) is 1. The molecular formula is C17H24N6O3. The lowest BCUT2D eigenvalue weighted by Crippen LogP contribution is -2.52. The van der Waals surface area contributed by atoms with Crippen molar-refractivity contribution in [2.45, 2.75) is 26.4 Å². The molecule has 1 saturated heterocycles. The van der Waals surface area contributed by atoms with Gasteiger partial charge in [-0.15, -0.1) is 0 Å². The van der Waals surface area contributed by atoms with Gasteiger partial charge in [-0.1, -0.05) is 0 Å². The summed E-state index contributed by atoms with van der Waals surface area (Å²) in [5.74, 6) is 0.677. The number of rotatable bonds is 1. The summed E-state index contributed by atoms with van der Waals surface area (Å²) in [4.78, 5) is 36.7. The fourth-order valence-electron chi connectivity index (χ4n) is 2.86. The van der Waals surface area contributed by atoms with Crippen molar-refractivity contribution in [2.75, 3.05) is 38.5 Å². The van der Waals surface area contributed by atoms with E-state index in [-0.39, 0.29) is 12.1 Å². The third kappa shape index (κ3) is 3.56. The van der Waals surface area contributed by atoms with Crippen molar-refractivity contribution >= 4 is 29.0 Å². The van der Waals surface area contributed by atoms with Crippen LogP contribution in [-0.2, 0) is 4.74 Å². The van der Waals surface area contributed by atoms with E-state index in [2.05, 4.69) is 15.3 Å². The fraction of sp³-hybridized carbons (Fsp3) is 0.529. The summed E-state index contributed by atoms with van der Waals surface area (Å²) in [6.07, 6.45) is 2.78. The van der Waals surface area contributed by atoms with Crippen LogP contribution in [0.5, 0.6) is 0 Å². The lowest BCUT2D eigenvalue weighted by molar-refractivity contribution is 0.0170. The highest BCUT2D eigenvalue weighted by Gasteiger charge is 2.28. The Hall–Kier alpha value is -2.84. The molecule has 1 N–H and O–H groups in total. The van der Waals surface area contributed by atoms with E-state index < -0.39 is 5.60 Å². The first-order valence-corrected chi connectivity index (χ1v) is 8.57. The predicted octanol–water partition coefficient (Wildman–Crippen LogP) is 1.99. The number of nitrogens with one attached hydrogen (secondary N) is 1. The molecule has 0 radical (unpaired) electrons. The Labute approximate surface area is 151 Å². The molecule has 0 aliphatic carbocycles. The van der Waals surface area contributed by atoms with Gasteiger partial charge in [0.25, 0.3) is 0 Å². The maximum absolute atomic E-state index is 12.9. The van der Waals surface area contributed by atoms with E-state index in [4.69, 9.17) is 4.74 Å². The largest absolute Gasteiger partial charge is 0.444 e. The first kappa shape index (κ1) is 18.0. The van der Waals surface area contributed by atoms with Crippen molar-refractivity contribution < 1.29 is 14.3 Å². The lowest BCUT2D eigenvalue weighted by atomic mass is 10.2. The highest BCUT2D eigenvalue weighted by atomic mass is 16.6. The standard InChI is InChI=1S/C17H24N6O3/c1-17(2,3)26-16(25)22-9-7-21(8-10-22)15(24)23-6-5-12-13(18-4)19-11-20-14(12)23/h5-6,11H,7-10H2,1-4H3,(H,18,19,20). The molecular weight excluding hydrogens is 336 g/mol. The van der Waals surface area contributed by atoms with E-state index in [1.807, 2.05) is 26.8 Å². The molecule has 2 aromatic rings. The van der Waals surface area contributed by atoms with E-state index >= 15 is 0 Å². The molecule has 0 unspecified atom stereocenters. The molecule has 0 atom stereocenters. The van der Waals surface area contributed by atoms with Crippen LogP contribution in [0.15, 0.2) is 18.6 Å². The Kier molecular flexibility index (Phi) is 4.71. The van der Waals surface area contributed by atoms with Crippen LogP contribution in [0.25, 0.3) is 11.0 Å². The number of carbonyl (C=O) groups is 2. The molecule has 0 aromatic carbocycles. The van der Waals surface area contributed by atoms with Crippen LogP contribution in [0.4, 0.5) is 15.4 Å². The second-order valence-electron chi connectivity index (χ2n) is 7.13. The zero-order chi connectivity index (χ0) is 18.9. The average Bonchev–Trinajstić information content (AvgIpc) is 3.04. The zero-order valence-corrected chi connectivity index (χ0v) is 15.5. The first-order valence-electron chi connectivity index (χ1n) is 8.57. The lowest BCUT2D eigenvalue weighted by Gasteiger charge is -2.35. The van der Waals surface area contributed by atoms with Gasteiger partial charge in [-0.05, 0) is 26.8 Å². The SMILES string of the molecule is CNc1ncnc2c1ccn2C(=O)N1CCN(C(=O)OC(C)(C)C)CC1. The summed E-state index contributed by atoms with van der Waals surface area (Å²) in [7, 11) is 1.77. The van der Waals surface area contributed by atoms with E-state index in [0.29, 0.717) is 37.6 Å². The summed E-state index contributed by atoms with van der Waals surface area (Å²) in [6, 6.07) is 1.65. The normalized spacial score (nSPS) is 15.2. The number of carbonyl (C=O) groups excluding carboxylic acids is 2. The van der Waals surface area contributed by atoms with E-state index in [1.165, 1.54) is 10.9 Å². The number of hydrogen-bond donors (Lipinski definition) is 1. The van der Waals surface area contributed by atoms with Crippen LogP contribution >= 0.6 is 0 Å². The maximum Gasteiger partial charge on any atom is 0.410 e. The Morgan fingerprint density at radius 3 is 2.38 bits per heavy atom. The van der Waals surface area contributed by atoms with Gasteiger partial charge in [0.05, 0.1) is 5.39 Å². The Morgan fingerprint density at radius 1 is 1.12 bits per heavy atom. The highest BCUT2D eigenvalue weighted by Crippen LogP contribution is 2.21. The molecule has 3 rings (SSSR count). The molecule has 140 valence electrons. The van der Waals surface area contributed by atoms with Crippen molar-refractivity contribution in [3.63, 3.8) is 0 Å². The monoisotopic (exact) mass is 360 g/mol. The molecule has 0 spiro atoms. The summed E-state index contributed by atoms with van der Waals surface area (Å²) < 4.78 is 6.90. The van der Waals surface area contributed by atoms with Gasteiger partial charge in [0.15, 0.2) is 5.65 Å². The minimum Gasteiger partial charge on any atom is -0.444 e. The van der Waals surface area contributed by atoms with Crippen LogP contribution in [0, 0.1) is 0 Å². The Balaban J connectivity index is 1.69. The molecule has 1 fully saturated rings. The molecule has 9 nitrogen and oxygen atoms in total. The van der Waals surface area contributed by atoms with Gasteiger partial charge in [0, 0.05) is 39.4 Å². The number of fused-ring (bicyclic) bond motifs is 1. The summed E-state index contributed by atoms with van der Waals surface area (Å²) in [5, 5.41) is 3.78. The van der Waals surface area contributed by atoms with Crippen LogP contribution in [-0.4, -0.2) is 75.3 Å². The molecule has 2 amide bonds. The van der Waals surface area contributed by atoms with Gasteiger partial charge >= 0.3 is 12.1 Å². The number of anilines is 1. The number of amides is 2. The third-order valence-corrected chi connectivity index (χ3v) is 4.13. The number of hydrogen-bond acceptors (Lipinski definition) is 6. The molecule has 0 saturated carbocycles. The number of nitrogens with zero attached hydrogens (tertiary/aromatic N) is 5. The minimum atomic E-state index is -0.529. The zero-order valence-electron chi connectivity index (χ0n) is 15.5. The van der Waals surface area contributed by atoms with Crippen molar-refractivity contribution in [1.82, 2.24) is 24.3 Å². The second kappa shape index (κ2) is 6.81. The van der Waals surface area contributed by atoms with E-state index in [9.17, 15) is 9.59 Å². The van der Waals surface area contributed by atoms with Crippen LogP contribution < -0.4 is 5.32 Å². The van der Waals surface area contributed by atoms with Gasteiger partial charge < -0.3 is 19.9 Å². The van der Waals surface area contributed by atoms with Gasteiger partial charge in [0.2, 0.25) is 0 Å². The quantitative estimate of drug-likeness (QED) is 0.836. The highest BCUT2D eigenvalue weighted by molar-refractivity contribution is 5.94. The topological polar surface area (TPSA) is 92.6 Å². The van der Waals surface area contributed by atoms with E-state index in [1.54, 1.807) is 23.0 Å². The van der Waals surface area contributed by atoms with Crippen LogP contribution in [0.3, 0.4) is 0 Å². The molecule has 9 heteroatoms. The molecule has 0 bridgehead atoms. The van der Waals surface area contributed by atoms with Gasteiger partial charge in [-0.3, -0.25) is 4.57 Å². The summed E-state index contributed by atoms with van der Waals surface area (Å²) in [6.45, 7) is 7.28. The smallest absolute Gasteiger partial charge is 0.410 e. The summed E-state index contributed by atoms with van der Waals surface area (Å²) >= 11 is 0. The fourth-order valence-corrected chi connectivity index (χ4v) is 2.86. The molecule has 3 heterocycles. The third-order valence-electron chi connectivity index (χ3n) is 4.13. The van der Waals surface area contributed by atoms with Crippen LogP contribution in [0.1, 0.15) is 20.8 Å². The predicted molar refractivity (Wildman–Crippen MR) is 97.2 cm³/mol. The first-order chi connectivity index (χ1) is 12.3. The Morgan fingerprint density at radius 2 is 1.77 bits per heavy atom. The number of aromatic nitrogens is 3. The molecule has 2 aromatic heterocycles. The van der Waals surface area contributed by atoms with Crippen LogP contribution in [0.2, 0.25) is 0 Å². The average molecular weight is 360 g/mol. The van der Waals surface area contributed by atoms with Crippen molar-refractivity contribution in [1.29, 1.82) is 0 Å². The Bertz CT molecular complexity index is 818. The van der Waals surface area contributed by atoms with Gasteiger partial charge in [-0.25, -0.2) is 19.6 Å². The maximum atomic E-state index is 12.9. The number of piperazine rings is 1. The van der Waals surface area contributed by atoms with Crippen molar-refractivity contribution in [3.05, 3.63) is 18.6 Å².